The highest BCUT2D eigenvalue weighted by atomic mass is 15.2. The van der Waals surface area contributed by atoms with Gasteiger partial charge >= 0.3 is 6.85 Å². The predicted octanol–water partition coefficient (Wildman–Crippen LogP) is 8.63. The first kappa shape index (κ1) is 23.6. The fourth-order valence-electron chi connectivity index (χ4n) is 7.08. The molecule has 0 saturated heterocycles. The summed E-state index contributed by atoms with van der Waals surface area (Å²) in [5, 5.41) is 2.71. The van der Waals surface area contributed by atoms with Gasteiger partial charge in [0.2, 0.25) is 0 Å². The molecule has 0 N–H and O–H groups in total. The number of hydrogen-bond acceptors (Lipinski definition) is 1. The molecule has 0 saturated carbocycles. The standard InChI is InChI=1S/C37H33BN2/c1-23(2)24-17-20-32-30(21-24)29-15-9-14-28-27-13-10-16-33-35(27)38(40(32)36(28)29)31-19-18-25(37(3,4)5)22-34(31)39(33)26-11-7-6-8-12-26/h6-23H,1-5H3. The Kier molecular flexibility index (Phi) is 4.81. The molecule has 194 valence electrons. The summed E-state index contributed by atoms with van der Waals surface area (Å²) >= 11 is 0. The van der Waals surface area contributed by atoms with E-state index in [0.29, 0.717) is 5.92 Å². The highest BCUT2D eigenvalue weighted by Crippen LogP contribution is 2.45. The number of hydrogen-bond donors (Lipinski definition) is 0. The van der Waals surface area contributed by atoms with Crippen LogP contribution in [0.3, 0.4) is 0 Å². The van der Waals surface area contributed by atoms with Crippen LogP contribution in [0, 0.1) is 0 Å². The third kappa shape index (κ3) is 3.12. The van der Waals surface area contributed by atoms with Crippen LogP contribution in [0.4, 0.5) is 17.1 Å². The van der Waals surface area contributed by atoms with E-state index in [1.54, 1.807) is 0 Å². The highest BCUT2D eigenvalue weighted by molar-refractivity contribution is 6.90. The Labute approximate surface area is 237 Å². The Hall–Kier alpha value is -4.24. The number of nitrogens with zero attached hydrogens (tertiary/aromatic N) is 2. The van der Waals surface area contributed by atoms with Gasteiger partial charge < -0.3 is 9.38 Å². The first-order valence-corrected chi connectivity index (χ1v) is 14.5. The smallest absolute Gasteiger partial charge is 0.333 e. The molecule has 2 aliphatic rings. The van der Waals surface area contributed by atoms with E-state index >= 15 is 0 Å². The number of fused-ring (bicyclic) bond motifs is 7. The molecule has 0 atom stereocenters. The molecule has 6 aromatic rings. The summed E-state index contributed by atoms with van der Waals surface area (Å²) in [6.07, 6.45) is 0. The maximum absolute atomic E-state index is 2.65. The van der Waals surface area contributed by atoms with Crippen LogP contribution in [0.25, 0.3) is 32.9 Å². The lowest BCUT2D eigenvalue weighted by molar-refractivity contribution is 0.590. The SMILES string of the molecule is CC(C)c1ccc2c(c1)c1cccc3c1n2B1c2ccc(C(C)(C)C)cc2N(c2ccccc2)c2cccc-3c21. The zero-order chi connectivity index (χ0) is 27.3. The van der Waals surface area contributed by atoms with Crippen molar-refractivity contribution in [2.45, 2.75) is 46.0 Å². The summed E-state index contributed by atoms with van der Waals surface area (Å²) in [6, 6.07) is 39.0. The van der Waals surface area contributed by atoms with Crippen molar-refractivity contribution in [1.82, 2.24) is 4.48 Å². The van der Waals surface area contributed by atoms with E-state index in [4.69, 9.17) is 0 Å². The van der Waals surface area contributed by atoms with E-state index in [1.807, 2.05) is 0 Å². The average molecular weight is 516 g/mol. The van der Waals surface area contributed by atoms with Crippen molar-refractivity contribution in [3.8, 4) is 11.1 Å². The molecule has 40 heavy (non-hydrogen) atoms. The monoisotopic (exact) mass is 516 g/mol. The zero-order valence-electron chi connectivity index (χ0n) is 23.9. The Morgan fingerprint density at radius 2 is 1.45 bits per heavy atom. The Morgan fingerprint density at radius 3 is 2.23 bits per heavy atom. The minimum atomic E-state index is 0.0549. The zero-order valence-corrected chi connectivity index (χ0v) is 23.9. The van der Waals surface area contributed by atoms with Gasteiger partial charge in [0, 0.05) is 44.4 Å². The van der Waals surface area contributed by atoms with E-state index in [2.05, 4.69) is 147 Å². The number of rotatable bonds is 2. The number of benzene rings is 5. The molecule has 2 aliphatic heterocycles. The number of anilines is 3. The van der Waals surface area contributed by atoms with Gasteiger partial charge in [-0.2, -0.15) is 0 Å². The van der Waals surface area contributed by atoms with Crippen LogP contribution in [0.15, 0.2) is 103 Å². The first-order valence-electron chi connectivity index (χ1n) is 14.5. The molecular formula is C37H33BN2. The molecule has 8 rings (SSSR count). The molecular weight excluding hydrogens is 483 g/mol. The van der Waals surface area contributed by atoms with Crippen molar-refractivity contribution in [3.05, 3.63) is 114 Å². The molecule has 1 aromatic heterocycles. The third-order valence-corrected chi connectivity index (χ3v) is 9.11. The first-order chi connectivity index (χ1) is 19.3. The van der Waals surface area contributed by atoms with Crippen LogP contribution in [0.1, 0.15) is 51.7 Å². The molecule has 0 fully saturated rings. The van der Waals surface area contributed by atoms with Crippen LogP contribution in [0.5, 0.6) is 0 Å². The minimum absolute atomic E-state index is 0.0549. The second kappa shape index (κ2) is 8.14. The second-order valence-corrected chi connectivity index (χ2v) is 12.8. The molecule has 2 nitrogen and oxygen atoms in total. The quantitative estimate of drug-likeness (QED) is 0.209. The van der Waals surface area contributed by atoms with Gasteiger partial charge in [0.1, 0.15) is 0 Å². The molecule has 0 amide bonds. The molecule has 0 bridgehead atoms. The van der Waals surface area contributed by atoms with Crippen LogP contribution >= 0.6 is 0 Å². The van der Waals surface area contributed by atoms with E-state index in [9.17, 15) is 0 Å². The summed E-state index contributed by atoms with van der Waals surface area (Å²) in [7, 11) is 0. The van der Waals surface area contributed by atoms with Crippen molar-refractivity contribution in [1.29, 1.82) is 0 Å². The second-order valence-electron chi connectivity index (χ2n) is 12.8. The van der Waals surface area contributed by atoms with E-state index < -0.39 is 0 Å². The maximum atomic E-state index is 2.65. The normalized spacial score (nSPS) is 13.8. The average Bonchev–Trinajstić information content (AvgIpc) is 3.29. The van der Waals surface area contributed by atoms with Crippen LogP contribution < -0.4 is 15.8 Å². The third-order valence-electron chi connectivity index (χ3n) is 9.11. The Bertz CT molecular complexity index is 1970. The van der Waals surface area contributed by atoms with Gasteiger partial charge in [-0.15, -0.1) is 0 Å². The lowest BCUT2D eigenvalue weighted by atomic mass is 9.45. The van der Waals surface area contributed by atoms with Crippen LogP contribution in [-0.2, 0) is 5.41 Å². The summed E-state index contributed by atoms with van der Waals surface area (Å²) in [6.45, 7) is 11.6. The maximum Gasteiger partial charge on any atom is 0.333 e. The lowest BCUT2D eigenvalue weighted by Gasteiger charge is -2.41. The van der Waals surface area contributed by atoms with Gasteiger partial charge in [-0.1, -0.05) is 101 Å². The Balaban J connectivity index is 1.53. The minimum Gasteiger partial charge on any atom is -0.375 e. The molecule has 0 radical (unpaired) electrons. The molecule has 3 heterocycles. The van der Waals surface area contributed by atoms with Gasteiger partial charge in [-0.05, 0) is 75.3 Å². The molecule has 5 aromatic carbocycles. The van der Waals surface area contributed by atoms with Gasteiger partial charge in [-0.3, -0.25) is 0 Å². The van der Waals surface area contributed by atoms with E-state index in [1.165, 1.54) is 72.0 Å². The van der Waals surface area contributed by atoms with E-state index in [0.717, 1.165) is 0 Å². The van der Waals surface area contributed by atoms with Crippen LogP contribution in [0.2, 0.25) is 0 Å². The lowest BCUT2D eigenvalue weighted by Crippen LogP contribution is -2.56. The van der Waals surface area contributed by atoms with Gasteiger partial charge in [0.15, 0.2) is 0 Å². The summed E-state index contributed by atoms with van der Waals surface area (Å²) in [5.41, 5.74) is 14.7. The molecule has 0 spiro atoms. The largest absolute Gasteiger partial charge is 0.375 e. The van der Waals surface area contributed by atoms with Gasteiger partial charge in [0.05, 0.1) is 0 Å². The van der Waals surface area contributed by atoms with Crippen molar-refractivity contribution >= 4 is 56.6 Å². The van der Waals surface area contributed by atoms with Crippen molar-refractivity contribution in [3.63, 3.8) is 0 Å². The van der Waals surface area contributed by atoms with Gasteiger partial charge in [-0.25, -0.2) is 0 Å². The van der Waals surface area contributed by atoms with E-state index in [-0.39, 0.29) is 12.3 Å². The fourth-order valence-corrected chi connectivity index (χ4v) is 7.08. The van der Waals surface area contributed by atoms with Gasteiger partial charge in [0.25, 0.3) is 0 Å². The van der Waals surface area contributed by atoms with Crippen LogP contribution in [-0.4, -0.2) is 11.3 Å². The Morgan fingerprint density at radius 1 is 0.675 bits per heavy atom. The highest BCUT2D eigenvalue weighted by Gasteiger charge is 2.42. The summed E-state index contributed by atoms with van der Waals surface area (Å²) in [5.74, 6) is 0.491. The molecule has 0 aliphatic carbocycles. The molecule has 3 heteroatoms. The fraction of sp³-hybridized carbons (Fsp3) is 0.189. The van der Waals surface area contributed by atoms with Crippen molar-refractivity contribution in [2.24, 2.45) is 0 Å². The van der Waals surface area contributed by atoms with Crippen molar-refractivity contribution < 1.29 is 0 Å². The number of aromatic nitrogens is 1. The number of para-hydroxylation sites is 2. The summed E-state index contributed by atoms with van der Waals surface area (Å²) in [4.78, 5) is 2.49. The summed E-state index contributed by atoms with van der Waals surface area (Å²) < 4.78 is 2.65. The van der Waals surface area contributed by atoms with Crippen molar-refractivity contribution in [2.75, 3.05) is 4.90 Å². The molecule has 0 unspecified atom stereocenters. The topological polar surface area (TPSA) is 8.17 Å². The predicted molar refractivity (Wildman–Crippen MR) is 173 cm³/mol.